The normalized spacial score (nSPS) is 19.7. The van der Waals surface area contributed by atoms with E-state index in [1.54, 1.807) is 0 Å². The predicted octanol–water partition coefficient (Wildman–Crippen LogP) is 4.31. The molecule has 3 aliphatic rings. The molecule has 2 aliphatic heterocycles. The van der Waals surface area contributed by atoms with Crippen LogP contribution in [0.25, 0.3) is 0 Å². The number of amides is 3. The van der Waals surface area contributed by atoms with Crippen molar-refractivity contribution in [1.29, 1.82) is 0 Å². The molecule has 1 fully saturated rings. The number of para-hydroxylation sites is 1. The second-order valence-electron chi connectivity index (χ2n) is 9.88. The van der Waals surface area contributed by atoms with E-state index in [2.05, 4.69) is 15.6 Å². The average molecular weight is 532 g/mol. The molecule has 0 aromatic heterocycles. The molecular formula is C29H33N5O3S. The van der Waals surface area contributed by atoms with Gasteiger partial charge in [0.2, 0.25) is 11.8 Å². The molecule has 2 aromatic rings. The Kier molecular flexibility index (Phi) is 8.22. The van der Waals surface area contributed by atoms with Gasteiger partial charge in [0.15, 0.2) is 5.17 Å². The highest BCUT2D eigenvalue weighted by Crippen LogP contribution is 2.35. The van der Waals surface area contributed by atoms with Gasteiger partial charge in [-0.25, -0.2) is 9.89 Å². The first-order valence-electron chi connectivity index (χ1n) is 13.4. The zero-order chi connectivity index (χ0) is 26.5. The van der Waals surface area contributed by atoms with E-state index in [0.29, 0.717) is 29.7 Å². The number of amidine groups is 2. The Bertz CT molecular complexity index is 1260. The van der Waals surface area contributed by atoms with Crippen LogP contribution in [0.4, 0.5) is 5.69 Å². The van der Waals surface area contributed by atoms with Crippen molar-refractivity contribution in [1.82, 2.24) is 15.5 Å². The number of nitrogens with one attached hydrogen (secondary N) is 2. The Morgan fingerprint density at radius 3 is 2.55 bits per heavy atom. The van der Waals surface area contributed by atoms with Gasteiger partial charge in [0.05, 0.1) is 17.4 Å². The highest BCUT2D eigenvalue weighted by atomic mass is 32.2. The number of rotatable bonds is 8. The number of nitrogens with zero attached hydrogens (tertiary/aromatic N) is 3. The van der Waals surface area contributed by atoms with Crippen molar-refractivity contribution in [2.45, 2.75) is 75.7 Å². The van der Waals surface area contributed by atoms with Crippen molar-refractivity contribution < 1.29 is 14.4 Å². The van der Waals surface area contributed by atoms with E-state index < -0.39 is 6.04 Å². The number of benzene rings is 2. The van der Waals surface area contributed by atoms with Crippen LogP contribution in [-0.2, 0) is 20.9 Å². The lowest BCUT2D eigenvalue weighted by atomic mass is 9.95. The third kappa shape index (κ3) is 5.83. The Labute approximate surface area is 227 Å². The quantitative estimate of drug-likeness (QED) is 0.530. The predicted molar refractivity (Wildman–Crippen MR) is 150 cm³/mol. The summed E-state index contributed by atoms with van der Waals surface area (Å²) in [7, 11) is 0. The molecule has 2 heterocycles. The van der Waals surface area contributed by atoms with E-state index in [4.69, 9.17) is 4.99 Å². The van der Waals surface area contributed by atoms with Gasteiger partial charge >= 0.3 is 0 Å². The fourth-order valence-electron chi connectivity index (χ4n) is 5.05. The standard InChI is InChI=1S/C29H33N5O3S/c1-2-24(27(36)31-20-13-7-4-8-14-20)38-29-33-22-16-10-9-15-21(22)26-32-23(28(37)34(26)29)17-25(35)30-18-19-11-5-3-6-12-19/h3,5-6,9-12,15-16,20,23-24H,2,4,7-8,13-14,17-18H2,1H3,(H,30,35)(H,31,36)/t23-,24+/m1/s1. The molecule has 0 radical (unpaired) electrons. The van der Waals surface area contributed by atoms with Crippen LogP contribution in [0.5, 0.6) is 0 Å². The van der Waals surface area contributed by atoms with Crippen LogP contribution in [0.2, 0.25) is 0 Å². The van der Waals surface area contributed by atoms with Gasteiger partial charge in [-0.3, -0.25) is 19.4 Å². The Hall–Kier alpha value is -3.46. The van der Waals surface area contributed by atoms with Crippen LogP contribution in [0.3, 0.4) is 0 Å². The molecule has 8 nitrogen and oxygen atoms in total. The minimum Gasteiger partial charge on any atom is -0.352 e. The van der Waals surface area contributed by atoms with Crippen LogP contribution in [0.15, 0.2) is 64.6 Å². The summed E-state index contributed by atoms with van der Waals surface area (Å²) < 4.78 is 0. The van der Waals surface area contributed by atoms with Gasteiger partial charge < -0.3 is 10.6 Å². The zero-order valence-electron chi connectivity index (χ0n) is 21.6. The SMILES string of the molecule is CC[C@H](SC1=Nc2ccccc2C2=N[C@H](CC(=O)NCc3ccccc3)C(=O)N12)C(=O)NC1CCCCC1. The van der Waals surface area contributed by atoms with Gasteiger partial charge in [-0.1, -0.05) is 80.4 Å². The smallest absolute Gasteiger partial charge is 0.259 e. The topological polar surface area (TPSA) is 103 Å². The van der Waals surface area contributed by atoms with E-state index in [9.17, 15) is 14.4 Å². The Balaban J connectivity index is 1.31. The molecular weight excluding hydrogens is 498 g/mol. The first-order chi connectivity index (χ1) is 18.5. The number of thioether (sulfide) groups is 1. The summed E-state index contributed by atoms with van der Waals surface area (Å²) in [6, 6.07) is 16.5. The minimum absolute atomic E-state index is 0.0204. The van der Waals surface area contributed by atoms with Gasteiger partial charge in [-0.15, -0.1) is 0 Å². The number of carbonyl (C=O) groups excluding carboxylic acids is 3. The largest absolute Gasteiger partial charge is 0.352 e. The van der Waals surface area contributed by atoms with Gasteiger partial charge in [0, 0.05) is 18.2 Å². The van der Waals surface area contributed by atoms with Crippen molar-refractivity contribution in [3.8, 4) is 0 Å². The lowest BCUT2D eigenvalue weighted by Crippen LogP contribution is -2.45. The number of hydrogen-bond donors (Lipinski definition) is 2. The monoisotopic (exact) mass is 531 g/mol. The van der Waals surface area contributed by atoms with E-state index >= 15 is 0 Å². The van der Waals surface area contributed by atoms with Crippen molar-refractivity contribution in [2.24, 2.45) is 9.98 Å². The van der Waals surface area contributed by atoms with Gasteiger partial charge in [0.1, 0.15) is 11.9 Å². The summed E-state index contributed by atoms with van der Waals surface area (Å²) in [4.78, 5) is 50.4. The molecule has 0 bridgehead atoms. The zero-order valence-corrected chi connectivity index (χ0v) is 22.4. The van der Waals surface area contributed by atoms with E-state index in [0.717, 1.165) is 36.8 Å². The van der Waals surface area contributed by atoms with Crippen molar-refractivity contribution in [3.63, 3.8) is 0 Å². The third-order valence-corrected chi connectivity index (χ3v) is 8.44. The maximum atomic E-state index is 13.6. The summed E-state index contributed by atoms with van der Waals surface area (Å²) in [6.45, 7) is 2.36. The maximum Gasteiger partial charge on any atom is 0.259 e. The van der Waals surface area contributed by atoms with Crippen molar-refractivity contribution in [3.05, 3.63) is 65.7 Å². The number of hydrogen-bond acceptors (Lipinski definition) is 6. The second kappa shape index (κ2) is 11.9. The number of fused-ring (bicyclic) bond motifs is 3. The van der Waals surface area contributed by atoms with Crippen LogP contribution >= 0.6 is 11.8 Å². The molecule has 38 heavy (non-hydrogen) atoms. The van der Waals surface area contributed by atoms with E-state index in [-0.39, 0.29) is 35.4 Å². The molecule has 0 saturated heterocycles. The maximum absolute atomic E-state index is 13.6. The minimum atomic E-state index is -0.839. The molecule has 2 N–H and O–H groups in total. The fraction of sp³-hybridized carbons (Fsp3) is 0.414. The number of aliphatic imine (C=N–C) groups is 2. The summed E-state index contributed by atoms with van der Waals surface area (Å²) in [5, 5.41) is 6.15. The molecule has 1 saturated carbocycles. The first kappa shape index (κ1) is 26.2. The molecule has 1 aliphatic carbocycles. The summed E-state index contributed by atoms with van der Waals surface area (Å²) >= 11 is 1.30. The molecule has 5 rings (SSSR count). The highest BCUT2D eigenvalue weighted by Gasteiger charge is 2.43. The summed E-state index contributed by atoms with van der Waals surface area (Å²) in [5.74, 6) is -0.0632. The van der Waals surface area contributed by atoms with Crippen LogP contribution in [0, 0.1) is 0 Å². The van der Waals surface area contributed by atoms with Gasteiger partial charge in [-0.05, 0) is 37.0 Å². The average Bonchev–Trinajstić information content (AvgIpc) is 3.27. The van der Waals surface area contributed by atoms with E-state index in [1.807, 2.05) is 61.5 Å². The second-order valence-corrected chi connectivity index (χ2v) is 11.0. The van der Waals surface area contributed by atoms with Crippen LogP contribution in [-0.4, -0.2) is 51.0 Å². The summed E-state index contributed by atoms with van der Waals surface area (Å²) in [5.41, 5.74) is 2.44. The molecule has 2 aromatic carbocycles. The molecule has 3 amide bonds. The molecule has 9 heteroatoms. The summed E-state index contributed by atoms with van der Waals surface area (Å²) in [6.07, 6.45) is 6.07. The molecule has 0 unspecified atom stereocenters. The first-order valence-corrected chi connectivity index (χ1v) is 14.3. The highest BCUT2D eigenvalue weighted by molar-refractivity contribution is 8.15. The Morgan fingerprint density at radius 2 is 1.79 bits per heavy atom. The number of carbonyl (C=O) groups is 3. The van der Waals surface area contributed by atoms with Crippen molar-refractivity contribution in [2.75, 3.05) is 0 Å². The fourth-order valence-corrected chi connectivity index (χ4v) is 6.08. The van der Waals surface area contributed by atoms with Crippen molar-refractivity contribution >= 4 is 46.2 Å². The van der Waals surface area contributed by atoms with Crippen LogP contribution in [0.1, 0.15) is 63.0 Å². The lowest BCUT2D eigenvalue weighted by molar-refractivity contribution is -0.128. The van der Waals surface area contributed by atoms with Crippen LogP contribution < -0.4 is 10.6 Å². The molecule has 2 atom stereocenters. The third-order valence-electron chi connectivity index (χ3n) is 7.12. The Morgan fingerprint density at radius 1 is 1.05 bits per heavy atom. The molecule has 198 valence electrons. The van der Waals surface area contributed by atoms with Gasteiger partial charge in [-0.2, -0.15) is 0 Å². The van der Waals surface area contributed by atoms with Gasteiger partial charge in [0.25, 0.3) is 5.91 Å². The molecule has 0 spiro atoms. The van der Waals surface area contributed by atoms with E-state index in [1.165, 1.54) is 23.1 Å². The lowest BCUT2D eigenvalue weighted by Gasteiger charge is -2.29.